The van der Waals surface area contributed by atoms with Gasteiger partial charge in [-0.1, -0.05) is 12.1 Å². The van der Waals surface area contributed by atoms with Crippen LogP contribution in [-0.4, -0.2) is 29.5 Å². The highest BCUT2D eigenvalue weighted by molar-refractivity contribution is 7.91. The van der Waals surface area contributed by atoms with Crippen molar-refractivity contribution in [2.75, 3.05) is 11.5 Å². The van der Waals surface area contributed by atoms with Crippen molar-refractivity contribution in [3.05, 3.63) is 30.1 Å². The van der Waals surface area contributed by atoms with E-state index >= 15 is 0 Å². The maximum atomic E-state index is 11.6. The molecule has 110 valence electrons. The lowest BCUT2D eigenvalue weighted by Gasteiger charge is -2.10. The van der Waals surface area contributed by atoms with Gasteiger partial charge in [0.2, 0.25) is 0 Å². The number of imidazole rings is 1. The first-order valence-corrected chi connectivity index (χ1v) is 8.93. The smallest absolute Gasteiger partial charge is 0.150 e. The minimum Gasteiger partial charge on any atom is -0.327 e. The minimum atomic E-state index is -2.86. The maximum absolute atomic E-state index is 11.6. The quantitative estimate of drug-likeness (QED) is 0.865. The van der Waals surface area contributed by atoms with E-state index in [1.165, 1.54) is 0 Å². The Bertz CT molecular complexity index is 802. The second-order valence-electron chi connectivity index (χ2n) is 5.55. The molecular formula is C15H17N3O2S. The molecule has 1 aromatic carbocycles. The monoisotopic (exact) mass is 303 g/mol. The van der Waals surface area contributed by atoms with Crippen LogP contribution in [0.3, 0.4) is 0 Å². The molecular weight excluding hydrogens is 286 g/mol. The zero-order valence-electron chi connectivity index (χ0n) is 11.7. The summed E-state index contributed by atoms with van der Waals surface area (Å²) in [6.45, 7) is 0.603. The van der Waals surface area contributed by atoms with Crippen LogP contribution in [0.4, 0.5) is 0 Å². The lowest BCUT2D eigenvalue weighted by molar-refractivity contribution is 0.547. The number of para-hydroxylation sites is 2. The molecule has 0 aliphatic carbocycles. The summed E-state index contributed by atoms with van der Waals surface area (Å²) in [5.41, 5.74) is 1.93. The third-order valence-electron chi connectivity index (χ3n) is 3.98. The minimum absolute atomic E-state index is 0.146. The Balaban J connectivity index is 1.92. The Morgan fingerprint density at radius 3 is 2.90 bits per heavy atom. The van der Waals surface area contributed by atoms with Crippen LogP contribution in [0.2, 0.25) is 0 Å². The van der Waals surface area contributed by atoms with E-state index in [4.69, 9.17) is 5.26 Å². The first-order chi connectivity index (χ1) is 10.1. The van der Waals surface area contributed by atoms with Crippen molar-refractivity contribution >= 4 is 20.9 Å². The summed E-state index contributed by atoms with van der Waals surface area (Å²) < 4.78 is 25.2. The Hall–Kier alpha value is -1.87. The summed E-state index contributed by atoms with van der Waals surface area (Å²) >= 11 is 0. The highest BCUT2D eigenvalue weighted by Gasteiger charge is 2.29. The number of rotatable bonds is 4. The fourth-order valence-corrected chi connectivity index (χ4v) is 4.85. The SMILES string of the molecule is N#CCCn1c(CC2CCS(=O)(=O)C2)nc2ccccc21. The molecule has 1 saturated heterocycles. The van der Waals surface area contributed by atoms with Gasteiger partial charge in [0.25, 0.3) is 0 Å². The van der Waals surface area contributed by atoms with Crippen LogP contribution >= 0.6 is 0 Å². The molecule has 3 rings (SSSR count). The first kappa shape index (κ1) is 14.1. The molecule has 2 heterocycles. The molecule has 0 amide bonds. The Labute approximate surface area is 124 Å². The summed E-state index contributed by atoms with van der Waals surface area (Å²) in [5.74, 6) is 1.59. The van der Waals surface area contributed by atoms with E-state index in [1.807, 2.05) is 24.3 Å². The molecule has 2 aromatic rings. The number of fused-ring (bicyclic) bond motifs is 1. The summed E-state index contributed by atoms with van der Waals surface area (Å²) in [4.78, 5) is 4.64. The molecule has 0 bridgehead atoms. The van der Waals surface area contributed by atoms with Gasteiger partial charge in [-0.25, -0.2) is 13.4 Å². The third kappa shape index (κ3) is 2.93. The third-order valence-corrected chi connectivity index (χ3v) is 5.82. The fourth-order valence-electron chi connectivity index (χ4n) is 2.98. The van der Waals surface area contributed by atoms with E-state index in [2.05, 4.69) is 15.6 Å². The van der Waals surface area contributed by atoms with Gasteiger partial charge in [-0.3, -0.25) is 0 Å². The lowest BCUT2D eigenvalue weighted by Crippen LogP contribution is -2.12. The normalized spacial score (nSPS) is 20.6. The highest BCUT2D eigenvalue weighted by atomic mass is 32.2. The van der Waals surface area contributed by atoms with Crippen LogP contribution in [-0.2, 0) is 22.8 Å². The molecule has 21 heavy (non-hydrogen) atoms. The number of nitrogens with zero attached hydrogens (tertiary/aromatic N) is 3. The van der Waals surface area contributed by atoms with Gasteiger partial charge in [0.15, 0.2) is 9.84 Å². The molecule has 1 aliphatic rings. The molecule has 1 aliphatic heterocycles. The summed E-state index contributed by atoms with van der Waals surface area (Å²) in [5, 5.41) is 8.82. The molecule has 1 aromatic heterocycles. The van der Waals surface area contributed by atoms with Crippen molar-refractivity contribution in [1.82, 2.24) is 9.55 Å². The zero-order chi connectivity index (χ0) is 14.9. The molecule has 1 atom stereocenters. The number of hydrogen-bond acceptors (Lipinski definition) is 4. The standard InChI is InChI=1S/C15H17N3O2S/c16-7-3-8-18-14-5-2-1-4-13(14)17-15(18)10-12-6-9-21(19,20)11-12/h1-2,4-5,12H,3,6,8-11H2. The van der Waals surface area contributed by atoms with E-state index in [0.29, 0.717) is 25.8 Å². The number of nitriles is 1. The molecule has 0 N–H and O–H groups in total. The van der Waals surface area contributed by atoms with Gasteiger partial charge in [-0.2, -0.15) is 5.26 Å². The van der Waals surface area contributed by atoms with E-state index in [0.717, 1.165) is 16.9 Å². The summed E-state index contributed by atoms with van der Waals surface area (Å²) in [6, 6.07) is 10.00. The Kier molecular flexibility index (Phi) is 3.68. The van der Waals surface area contributed by atoms with Crippen molar-refractivity contribution in [1.29, 1.82) is 5.26 Å². The van der Waals surface area contributed by atoms with Crippen LogP contribution in [0.1, 0.15) is 18.7 Å². The number of benzene rings is 1. The van der Waals surface area contributed by atoms with Gasteiger partial charge < -0.3 is 4.57 Å². The molecule has 0 spiro atoms. The first-order valence-electron chi connectivity index (χ1n) is 7.10. The van der Waals surface area contributed by atoms with Crippen LogP contribution in [0.15, 0.2) is 24.3 Å². The van der Waals surface area contributed by atoms with Crippen LogP contribution in [0.5, 0.6) is 0 Å². The van der Waals surface area contributed by atoms with E-state index in [1.54, 1.807) is 0 Å². The van der Waals surface area contributed by atoms with Gasteiger partial charge in [0.05, 0.1) is 35.0 Å². The van der Waals surface area contributed by atoms with Crippen molar-refractivity contribution in [3.8, 4) is 6.07 Å². The van der Waals surface area contributed by atoms with Crippen molar-refractivity contribution < 1.29 is 8.42 Å². The predicted octanol–water partition coefficient (Wildman–Crippen LogP) is 1.93. The second-order valence-corrected chi connectivity index (χ2v) is 7.78. The Morgan fingerprint density at radius 1 is 1.38 bits per heavy atom. The van der Waals surface area contributed by atoms with Crippen molar-refractivity contribution in [2.24, 2.45) is 5.92 Å². The van der Waals surface area contributed by atoms with Crippen LogP contribution in [0, 0.1) is 17.2 Å². The van der Waals surface area contributed by atoms with E-state index < -0.39 is 9.84 Å². The van der Waals surface area contributed by atoms with Gasteiger partial charge in [0.1, 0.15) is 5.82 Å². The van der Waals surface area contributed by atoms with Gasteiger partial charge in [-0.15, -0.1) is 0 Å². The Morgan fingerprint density at radius 2 is 2.19 bits per heavy atom. The fraction of sp³-hybridized carbons (Fsp3) is 0.467. The highest BCUT2D eigenvalue weighted by Crippen LogP contribution is 2.25. The van der Waals surface area contributed by atoms with Gasteiger partial charge in [-0.05, 0) is 24.5 Å². The van der Waals surface area contributed by atoms with Crippen molar-refractivity contribution in [2.45, 2.75) is 25.8 Å². The molecule has 5 nitrogen and oxygen atoms in total. The zero-order valence-corrected chi connectivity index (χ0v) is 12.5. The van der Waals surface area contributed by atoms with Gasteiger partial charge >= 0.3 is 0 Å². The predicted molar refractivity (Wildman–Crippen MR) is 80.4 cm³/mol. The number of aromatic nitrogens is 2. The second kappa shape index (κ2) is 5.49. The number of aryl methyl sites for hydroxylation is 1. The lowest BCUT2D eigenvalue weighted by atomic mass is 10.1. The van der Waals surface area contributed by atoms with Gasteiger partial charge in [0, 0.05) is 13.0 Å². The van der Waals surface area contributed by atoms with Crippen molar-refractivity contribution in [3.63, 3.8) is 0 Å². The topological polar surface area (TPSA) is 75.8 Å². The average molecular weight is 303 g/mol. The summed E-state index contributed by atoms with van der Waals surface area (Å²) in [7, 11) is -2.86. The van der Waals surface area contributed by atoms with Crippen LogP contribution in [0.25, 0.3) is 11.0 Å². The number of hydrogen-bond donors (Lipinski definition) is 0. The molecule has 0 saturated carbocycles. The number of sulfone groups is 1. The largest absolute Gasteiger partial charge is 0.327 e. The molecule has 1 unspecified atom stereocenters. The van der Waals surface area contributed by atoms with Crippen LogP contribution < -0.4 is 0 Å². The van der Waals surface area contributed by atoms with E-state index in [-0.39, 0.29) is 17.4 Å². The average Bonchev–Trinajstić information content (AvgIpc) is 2.97. The van der Waals surface area contributed by atoms with E-state index in [9.17, 15) is 8.42 Å². The summed E-state index contributed by atoms with van der Waals surface area (Å²) in [6.07, 6.45) is 1.81. The molecule has 0 radical (unpaired) electrons. The molecule has 1 fully saturated rings. The maximum Gasteiger partial charge on any atom is 0.150 e. The molecule has 6 heteroatoms.